The summed E-state index contributed by atoms with van der Waals surface area (Å²) < 4.78 is 0. The third kappa shape index (κ3) is 2.74. The van der Waals surface area contributed by atoms with Gasteiger partial charge in [-0.15, -0.1) is 12.3 Å². The molecule has 1 saturated carbocycles. The fourth-order valence-electron chi connectivity index (χ4n) is 1.42. The van der Waals surface area contributed by atoms with Crippen LogP contribution in [0.1, 0.15) is 32.1 Å². The van der Waals surface area contributed by atoms with Crippen molar-refractivity contribution in [2.24, 2.45) is 11.1 Å². The van der Waals surface area contributed by atoms with Crippen LogP contribution in [-0.2, 0) is 4.79 Å². The molecule has 0 atom stereocenters. The molecule has 1 amide bonds. The molecule has 0 aliphatic heterocycles. The van der Waals surface area contributed by atoms with Crippen LogP contribution in [0.4, 0.5) is 0 Å². The summed E-state index contributed by atoms with van der Waals surface area (Å²) in [6.45, 7) is 1.20. The van der Waals surface area contributed by atoms with Gasteiger partial charge in [-0.25, -0.2) is 0 Å². The van der Waals surface area contributed by atoms with Crippen LogP contribution in [0.15, 0.2) is 0 Å². The maximum absolute atomic E-state index is 11.6. The lowest BCUT2D eigenvalue weighted by Gasteiger charge is -2.12. The number of terminal acetylenes is 1. The van der Waals surface area contributed by atoms with E-state index in [4.69, 9.17) is 12.2 Å². The zero-order valence-corrected chi connectivity index (χ0v) is 8.51. The first-order chi connectivity index (χ1) is 6.75. The highest BCUT2D eigenvalue weighted by Crippen LogP contribution is 2.44. The smallest absolute Gasteiger partial charge is 0.227 e. The minimum Gasteiger partial charge on any atom is -0.356 e. The van der Waals surface area contributed by atoms with E-state index in [0.717, 1.165) is 38.6 Å². The molecule has 14 heavy (non-hydrogen) atoms. The molecule has 78 valence electrons. The summed E-state index contributed by atoms with van der Waals surface area (Å²) >= 11 is 0. The molecule has 0 aromatic heterocycles. The number of unbranched alkanes of at least 4 members (excludes halogenated alkanes) is 2. The maximum atomic E-state index is 11.6. The van der Waals surface area contributed by atoms with Gasteiger partial charge in [0.05, 0.1) is 5.41 Å². The van der Waals surface area contributed by atoms with Crippen LogP contribution in [0.3, 0.4) is 0 Å². The number of carbonyl (C=O) groups excluding carboxylic acids is 1. The van der Waals surface area contributed by atoms with Crippen molar-refractivity contribution >= 4 is 5.91 Å². The molecular weight excluding hydrogens is 176 g/mol. The number of amides is 1. The lowest BCUT2D eigenvalue weighted by atomic mass is 10.1. The highest BCUT2D eigenvalue weighted by atomic mass is 16.2. The Bertz CT molecular complexity index is 238. The molecule has 0 radical (unpaired) electrons. The Labute approximate surface area is 85.4 Å². The first-order valence-corrected chi connectivity index (χ1v) is 5.17. The van der Waals surface area contributed by atoms with Gasteiger partial charge in [-0.2, -0.15) is 0 Å². The van der Waals surface area contributed by atoms with Gasteiger partial charge in [0, 0.05) is 19.5 Å². The summed E-state index contributed by atoms with van der Waals surface area (Å²) in [6, 6.07) is 0. The van der Waals surface area contributed by atoms with Crippen LogP contribution in [0.25, 0.3) is 0 Å². The predicted octanol–water partition coefficient (Wildman–Crippen LogP) is 0.645. The van der Waals surface area contributed by atoms with Crippen LogP contribution < -0.4 is 11.1 Å². The average molecular weight is 194 g/mol. The molecule has 0 aromatic rings. The molecule has 0 unspecified atom stereocenters. The molecule has 1 aliphatic carbocycles. The summed E-state index contributed by atoms with van der Waals surface area (Å²) in [4.78, 5) is 11.6. The normalized spacial score (nSPS) is 17.1. The van der Waals surface area contributed by atoms with E-state index < -0.39 is 0 Å². The Balaban J connectivity index is 2.08. The third-order valence-corrected chi connectivity index (χ3v) is 2.76. The van der Waals surface area contributed by atoms with Crippen LogP contribution in [-0.4, -0.2) is 19.0 Å². The first-order valence-electron chi connectivity index (χ1n) is 5.17. The van der Waals surface area contributed by atoms with Crippen molar-refractivity contribution in [3.05, 3.63) is 0 Å². The van der Waals surface area contributed by atoms with Gasteiger partial charge in [0.2, 0.25) is 5.91 Å². The van der Waals surface area contributed by atoms with E-state index in [1.54, 1.807) is 0 Å². The Hall–Kier alpha value is -1.01. The second-order valence-corrected chi connectivity index (χ2v) is 3.90. The predicted molar refractivity (Wildman–Crippen MR) is 56.4 cm³/mol. The van der Waals surface area contributed by atoms with Gasteiger partial charge in [0.1, 0.15) is 0 Å². The molecule has 1 aliphatic rings. The van der Waals surface area contributed by atoms with Crippen molar-refractivity contribution in [3.63, 3.8) is 0 Å². The molecular formula is C11H18N2O. The van der Waals surface area contributed by atoms with Gasteiger partial charge in [-0.1, -0.05) is 0 Å². The molecule has 1 fully saturated rings. The van der Waals surface area contributed by atoms with Gasteiger partial charge in [-0.3, -0.25) is 4.79 Å². The van der Waals surface area contributed by atoms with E-state index in [1.807, 2.05) is 0 Å². The standard InChI is InChI=1S/C11H18N2O/c1-2-3-4-5-8-13-10(14)11(9-12)6-7-11/h1H,3-9,12H2,(H,13,14). The quantitative estimate of drug-likeness (QED) is 0.481. The number of carbonyl (C=O) groups is 1. The average Bonchev–Trinajstić information content (AvgIpc) is 2.98. The molecule has 3 N–H and O–H groups in total. The summed E-state index contributed by atoms with van der Waals surface area (Å²) in [7, 11) is 0. The van der Waals surface area contributed by atoms with Crippen molar-refractivity contribution in [2.45, 2.75) is 32.1 Å². The van der Waals surface area contributed by atoms with Crippen molar-refractivity contribution in [3.8, 4) is 12.3 Å². The molecule has 0 heterocycles. The minimum absolute atomic E-state index is 0.126. The summed E-state index contributed by atoms with van der Waals surface area (Å²) in [6.07, 6.45) is 9.73. The topological polar surface area (TPSA) is 55.1 Å². The Morgan fingerprint density at radius 1 is 1.50 bits per heavy atom. The lowest BCUT2D eigenvalue weighted by Crippen LogP contribution is -2.37. The second-order valence-electron chi connectivity index (χ2n) is 3.90. The molecule has 3 nitrogen and oxygen atoms in total. The number of hydrogen-bond acceptors (Lipinski definition) is 2. The van der Waals surface area contributed by atoms with E-state index in [0.29, 0.717) is 6.54 Å². The minimum atomic E-state index is -0.216. The highest BCUT2D eigenvalue weighted by molar-refractivity contribution is 5.85. The number of nitrogens with two attached hydrogens (primary N) is 1. The number of nitrogens with one attached hydrogen (secondary N) is 1. The zero-order chi connectivity index (χ0) is 10.4. The highest BCUT2D eigenvalue weighted by Gasteiger charge is 2.48. The Kier molecular flexibility index (Phi) is 3.97. The van der Waals surface area contributed by atoms with Crippen molar-refractivity contribution in [1.82, 2.24) is 5.32 Å². The Morgan fingerprint density at radius 3 is 2.71 bits per heavy atom. The van der Waals surface area contributed by atoms with Crippen molar-refractivity contribution in [1.29, 1.82) is 0 Å². The largest absolute Gasteiger partial charge is 0.356 e. The van der Waals surface area contributed by atoms with Gasteiger partial charge in [0.25, 0.3) is 0 Å². The second kappa shape index (κ2) is 5.02. The lowest BCUT2D eigenvalue weighted by molar-refractivity contribution is -0.125. The van der Waals surface area contributed by atoms with Crippen molar-refractivity contribution < 1.29 is 4.79 Å². The fraction of sp³-hybridized carbons (Fsp3) is 0.727. The van der Waals surface area contributed by atoms with Crippen LogP contribution in [0.2, 0.25) is 0 Å². The SMILES string of the molecule is C#CCCCCNC(=O)C1(CN)CC1. The molecule has 0 saturated heterocycles. The number of hydrogen-bond donors (Lipinski definition) is 2. The van der Waals surface area contributed by atoms with E-state index >= 15 is 0 Å². The molecule has 0 aromatic carbocycles. The van der Waals surface area contributed by atoms with Gasteiger partial charge in [-0.05, 0) is 25.7 Å². The van der Waals surface area contributed by atoms with Crippen LogP contribution in [0, 0.1) is 17.8 Å². The van der Waals surface area contributed by atoms with E-state index in [1.165, 1.54) is 0 Å². The third-order valence-electron chi connectivity index (χ3n) is 2.76. The summed E-state index contributed by atoms with van der Waals surface area (Å²) in [5, 5.41) is 2.91. The summed E-state index contributed by atoms with van der Waals surface area (Å²) in [5.74, 6) is 2.70. The van der Waals surface area contributed by atoms with Gasteiger partial charge < -0.3 is 11.1 Å². The zero-order valence-electron chi connectivity index (χ0n) is 8.51. The van der Waals surface area contributed by atoms with E-state index in [9.17, 15) is 4.79 Å². The molecule has 0 spiro atoms. The fourth-order valence-corrected chi connectivity index (χ4v) is 1.42. The molecule has 3 heteroatoms. The van der Waals surface area contributed by atoms with Crippen LogP contribution >= 0.6 is 0 Å². The number of rotatable bonds is 6. The maximum Gasteiger partial charge on any atom is 0.227 e. The van der Waals surface area contributed by atoms with Gasteiger partial charge >= 0.3 is 0 Å². The van der Waals surface area contributed by atoms with Crippen LogP contribution in [0.5, 0.6) is 0 Å². The van der Waals surface area contributed by atoms with E-state index in [-0.39, 0.29) is 11.3 Å². The molecule has 0 bridgehead atoms. The summed E-state index contributed by atoms with van der Waals surface area (Å²) in [5.41, 5.74) is 5.32. The van der Waals surface area contributed by atoms with Gasteiger partial charge in [0.15, 0.2) is 0 Å². The van der Waals surface area contributed by atoms with Crippen molar-refractivity contribution in [2.75, 3.05) is 13.1 Å². The Morgan fingerprint density at radius 2 is 2.21 bits per heavy atom. The van der Waals surface area contributed by atoms with E-state index in [2.05, 4.69) is 11.2 Å². The first kappa shape index (κ1) is 11.1. The molecule has 1 rings (SSSR count). The monoisotopic (exact) mass is 194 g/mol.